The van der Waals surface area contributed by atoms with E-state index in [0.29, 0.717) is 18.2 Å². The number of thiophene rings is 1. The van der Waals surface area contributed by atoms with Crippen molar-refractivity contribution in [1.82, 2.24) is 9.97 Å². The number of hydrogen-bond donors (Lipinski definition) is 2. The van der Waals surface area contributed by atoms with Gasteiger partial charge >= 0.3 is 0 Å². The highest BCUT2D eigenvalue weighted by molar-refractivity contribution is 7.16. The first-order valence-corrected chi connectivity index (χ1v) is 6.32. The largest absolute Gasteiger partial charge is 0.368 e. The molecule has 0 spiro atoms. The Labute approximate surface area is 104 Å². The molecule has 2 heterocycles. The van der Waals surface area contributed by atoms with Crippen LogP contribution in [0.1, 0.15) is 26.6 Å². The van der Waals surface area contributed by atoms with Crippen LogP contribution in [-0.2, 0) is 10.3 Å². The van der Waals surface area contributed by atoms with Crippen LogP contribution >= 0.6 is 11.3 Å². The molecule has 5 nitrogen and oxygen atoms in total. The lowest BCUT2D eigenvalue weighted by molar-refractivity contribution is -0.0204. The minimum Gasteiger partial charge on any atom is -0.368 e. The molecule has 0 amide bonds. The average Bonchev–Trinajstić information content (AvgIpc) is 2.75. The summed E-state index contributed by atoms with van der Waals surface area (Å²) in [6.07, 6.45) is 0. The molecular weight excluding hydrogens is 236 g/mol. The quantitative estimate of drug-likeness (QED) is 0.645. The molecule has 6 heteroatoms. The van der Waals surface area contributed by atoms with Gasteiger partial charge in [-0.1, -0.05) is 0 Å². The summed E-state index contributed by atoms with van der Waals surface area (Å²) in [5.41, 5.74) is 2.10. The molecule has 0 bridgehead atoms. The number of nitrogens with zero attached hydrogens (tertiary/aromatic N) is 2. The number of ether oxygens (including phenoxy) is 1. The average molecular weight is 252 g/mol. The monoisotopic (exact) mass is 252 g/mol. The van der Waals surface area contributed by atoms with Gasteiger partial charge in [0.1, 0.15) is 10.4 Å². The van der Waals surface area contributed by atoms with Crippen LogP contribution in [0.3, 0.4) is 0 Å². The second-order valence-corrected chi connectivity index (χ2v) is 5.02. The summed E-state index contributed by atoms with van der Waals surface area (Å²) in [5.74, 6) is 6.76. The summed E-state index contributed by atoms with van der Waals surface area (Å²) in [5, 5.41) is 2.91. The Hall–Kier alpha value is -1.24. The first-order chi connectivity index (χ1) is 8.08. The highest BCUT2D eigenvalue weighted by Gasteiger charge is 2.25. The van der Waals surface area contributed by atoms with Crippen molar-refractivity contribution in [1.29, 1.82) is 0 Å². The van der Waals surface area contributed by atoms with Crippen LogP contribution in [0, 0.1) is 0 Å². The first-order valence-electron chi connectivity index (χ1n) is 5.44. The third kappa shape index (κ3) is 2.24. The van der Waals surface area contributed by atoms with Gasteiger partial charge in [-0.05, 0) is 32.2 Å². The van der Waals surface area contributed by atoms with E-state index in [-0.39, 0.29) is 0 Å². The van der Waals surface area contributed by atoms with Crippen molar-refractivity contribution in [3.05, 3.63) is 17.3 Å². The van der Waals surface area contributed by atoms with E-state index in [2.05, 4.69) is 15.4 Å². The minimum atomic E-state index is -0.515. The van der Waals surface area contributed by atoms with Crippen molar-refractivity contribution < 1.29 is 4.74 Å². The van der Waals surface area contributed by atoms with Gasteiger partial charge in [-0.3, -0.25) is 0 Å². The minimum absolute atomic E-state index is 0.515. The molecule has 0 unspecified atom stereocenters. The number of nitrogen functional groups attached to an aromatic ring is 1. The standard InChI is InChI=1S/C11H16N4OS/c1-4-16-11(2,3)10-13-8(15-12)7-5-6-17-9(7)14-10/h5-6H,4,12H2,1-3H3,(H,13,14,15). The van der Waals surface area contributed by atoms with Gasteiger partial charge < -0.3 is 10.2 Å². The number of nitrogens with one attached hydrogen (secondary N) is 1. The highest BCUT2D eigenvalue weighted by atomic mass is 32.1. The highest BCUT2D eigenvalue weighted by Crippen LogP contribution is 2.29. The predicted octanol–water partition coefficient (Wildman–Crippen LogP) is 2.25. The van der Waals surface area contributed by atoms with Crippen LogP contribution in [0.5, 0.6) is 0 Å². The smallest absolute Gasteiger partial charge is 0.163 e. The predicted molar refractivity (Wildman–Crippen MR) is 69.9 cm³/mol. The number of aromatic nitrogens is 2. The third-order valence-corrected chi connectivity index (χ3v) is 3.31. The molecule has 0 atom stereocenters. The fraction of sp³-hybridized carbons (Fsp3) is 0.455. The number of hydrogen-bond acceptors (Lipinski definition) is 6. The molecule has 17 heavy (non-hydrogen) atoms. The van der Waals surface area contributed by atoms with Crippen LogP contribution in [-0.4, -0.2) is 16.6 Å². The summed E-state index contributed by atoms with van der Waals surface area (Å²) in [6, 6.07) is 1.95. The van der Waals surface area contributed by atoms with Crippen molar-refractivity contribution in [3.63, 3.8) is 0 Å². The van der Waals surface area contributed by atoms with E-state index in [9.17, 15) is 0 Å². The molecule has 0 aromatic carbocycles. The number of hydrazine groups is 1. The Morgan fingerprint density at radius 3 is 2.88 bits per heavy atom. The topological polar surface area (TPSA) is 73.1 Å². The second-order valence-electron chi connectivity index (χ2n) is 4.12. The maximum Gasteiger partial charge on any atom is 0.163 e. The molecule has 0 fully saturated rings. The summed E-state index contributed by atoms with van der Waals surface area (Å²) >= 11 is 1.56. The number of nitrogens with two attached hydrogens (primary N) is 1. The van der Waals surface area contributed by atoms with Crippen LogP contribution in [0.15, 0.2) is 11.4 Å². The number of rotatable bonds is 4. The van der Waals surface area contributed by atoms with Gasteiger partial charge in [0.2, 0.25) is 0 Å². The van der Waals surface area contributed by atoms with Gasteiger partial charge in [-0.2, -0.15) is 0 Å². The molecule has 3 N–H and O–H groups in total. The van der Waals surface area contributed by atoms with Gasteiger partial charge in [0.15, 0.2) is 11.6 Å². The Kier molecular flexibility index (Phi) is 3.28. The Bertz CT molecular complexity index is 523. The molecule has 0 aliphatic rings. The van der Waals surface area contributed by atoms with E-state index in [1.165, 1.54) is 0 Å². The summed E-state index contributed by atoms with van der Waals surface area (Å²) in [4.78, 5) is 9.85. The van der Waals surface area contributed by atoms with Crippen LogP contribution in [0.2, 0.25) is 0 Å². The Morgan fingerprint density at radius 1 is 1.47 bits per heavy atom. The zero-order valence-electron chi connectivity index (χ0n) is 10.2. The second kappa shape index (κ2) is 4.56. The molecule has 0 aliphatic heterocycles. The van der Waals surface area contributed by atoms with Gasteiger partial charge in [-0.25, -0.2) is 15.8 Å². The number of anilines is 1. The van der Waals surface area contributed by atoms with Gasteiger partial charge in [-0.15, -0.1) is 11.3 Å². The van der Waals surface area contributed by atoms with Crippen molar-refractivity contribution in [3.8, 4) is 0 Å². The van der Waals surface area contributed by atoms with E-state index < -0.39 is 5.60 Å². The lowest BCUT2D eigenvalue weighted by Gasteiger charge is -2.23. The fourth-order valence-corrected chi connectivity index (χ4v) is 2.42. The molecule has 2 aromatic heterocycles. The van der Waals surface area contributed by atoms with Gasteiger partial charge in [0.05, 0.1) is 5.39 Å². The summed E-state index contributed by atoms with van der Waals surface area (Å²) < 4.78 is 5.65. The van der Waals surface area contributed by atoms with E-state index in [1.54, 1.807) is 11.3 Å². The van der Waals surface area contributed by atoms with Crippen molar-refractivity contribution in [2.24, 2.45) is 5.84 Å². The summed E-state index contributed by atoms with van der Waals surface area (Å²) in [6.45, 7) is 6.47. The third-order valence-electron chi connectivity index (χ3n) is 2.51. The fourth-order valence-electron chi connectivity index (χ4n) is 1.66. The van der Waals surface area contributed by atoms with Crippen LogP contribution in [0.4, 0.5) is 5.82 Å². The van der Waals surface area contributed by atoms with Crippen molar-refractivity contribution in [2.45, 2.75) is 26.4 Å². The number of fused-ring (bicyclic) bond motifs is 1. The first kappa shape index (κ1) is 12.2. The molecule has 2 aromatic rings. The Balaban J connectivity index is 2.55. The van der Waals surface area contributed by atoms with Crippen LogP contribution < -0.4 is 11.3 Å². The van der Waals surface area contributed by atoms with Crippen molar-refractivity contribution in [2.75, 3.05) is 12.0 Å². The van der Waals surface area contributed by atoms with Gasteiger partial charge in [0.25, 0.3) is 0 Å². The van der Waals surface area contributed by atoms with Gasteiger partial charge in [0, 0.05) is 6.61 Å². The van der Waals surface area contributed by atoms with E-state index in [1.807, 2.05) is 32.2 Å². The molecule has 0 radical (unpaired) electrons. The Morgan fingerprint density at radius 2 is 2.24 bits per heavy atom. The van der Waals surface area contributed by atoms with E-state index >= 15 is 0 Å². The maximum absolute atomic E-state index is 5.65. The van der Waals surface area contributed by atoms with E-state index in [4.69, 9.17) is 10.6 Å². The zero-order chi connectivity index (χ0) is 12.5. The lowest BCUT2D eigenvalue weighted by Crippen LogP contribution is -2.25. The molecular formula is C11H16N4OS. The van der Waals surface area contributed by atoms with Crippen molar-refractivity contribution >= 4 is 27.4 Å². The lowest BCUT2D eigenvalue weighted by atomic mass is 10.1. The molecule has 0 saturated heterocycles. The van der Waals surface area contributed by atoms with Crippen LogP contribution in [0.25, 0.3) is 10.2 Å². The molecule has 92 valence electrons. The summed E-state index contributed by atoms with van der Waals surface area (Å²) in [7, 11) is 0. The normalized spacial score (nSPS) is 12.0. The molecule has 0 aliphatic carbocycles. The maximum atomic E-state index is 5.65. The SMILES string of the molecule is CCOC(C)(C)c1nc(NN)c2ccsc2n1. The molecule has 0 saturated carbocycles. The van der Waals surface area contributed by atoms with E-state index in [0.717, 1.165) is 10.2 Å². The zero-order valence-corrected chi connectivity index (χ0v) is 11.0. The molecule has 2 rings (SSSR count).